The summed E-state index contributed by atoms with van der Waals surface area (Å²) < 4.78 is 0. The minimum atomic E-state index is -0.119. The SMILES string of the molecule is CSc1ccc(NC(=O)C2CNc3ccccc32)cc1. The van der Waals surface area contributed by atoms with Crippen LogP contribution in [0, 0.1) is 0 Å². The molecule has 1 heterocycles. The van der Waals surface area contributed by atoms with E-state index in [0.717, 1.165) is 16.9 Å². The maximum Gasteiger partial charge on any atom is 0.233 e. The third-order valence-electron chi connectivity index (χ3n) is 3.51. The Balaban J connectivity index is 1.74. The van der Waals surface area contributed by atoms with E-state index in [-0.39, 0.29) is 11.8 Å². The molecule has 2 N–H and O–H groups in total. The molecule has 3 nitrogen and oxygen atoms in total. The van der Waals surface area contributed by atoms with Crippen LogP contribution in [0.25, 0.3) is 0 Å². The zero-order valence-corrected chi connectivity index (χ0v) is 12.0. The minimum absolute atomic E-state index is 0.0411. The molecular weight excluding hydrogens is 268 g/mol. The highest BCUT2D eigenvalue weighted by Gasteiger charge is 2.27. The number of carbonyl (C=O) groups is 1. The molecule has 0 spiro atoms. The minimum Gasteiger partial charge on any atom is -0.384 e. The first kappa shape index (κ1) is 13.1. The molecule has 4 heteroatoms. The molecule has 1 amide bonds. The first-order valence-electron chi connectivity index (χ1n) is 6.55. The van der Waals surface area contributed by atoms with Crippen molar-refractivity contribution in [3.05, 3.63) is 54.1 Å². The quantitative estimate of drug-likeness (QED) is 0.847. The molecule has 1 aliphatic heterocycles. The van der Waals surface area contributed by atoms with Crippen molar-refractivity contribution in [2.24, 2.45) is 0 Å². The van der Waals surface area contributed by atoms with Gasteiger partial charge in [0.15, 0.2) is 0 Å². The summed E-state index contributed by atoms with van der Waals surface area (Å²) in [5, 5.41) is 6.26. The maximum atomic E-state index is 12.4. The van der Waals surface area contributed by atoms with Gasteiger partial charge in [-0.05, 0) is 42.2 Å². The summed E-state index contributed by atoms with van der Waals surface area (Å²) in [5.41, 5.74) is 2.98. The molecule has 0 radical (unpaired) electrons. The lowest BCUT2D eigenvalue weighted by molar-refractivity contribution is -0.117. The van der Waals surface area contributed by atoms with Crippen LogP contribution in [0.1, 0.15) is 11.5 Å². The van der Waals surface area contributed by atoms with Crippen LogP contribution in [-0.4, -0.2) is 18.7 Å². The van der Waals surface area contributed by atoms with Crippen LogP contribution < -0.4 is 10.6 Å². The number of hydrogen-bond donors (Lipinski definition) is 2. The van der Waals surface area contributed by atoms with E-state index in [2.05, 4.69) is 10.6 Å². The van der Waals surface area contributed by atoms with Crippen molar-refractivity contribution in [1.82, 2.24) is 0 Å². The molecule has 2 aromatic rings. The largest absolute Gasteiger partial charge is 0.384 e. The van der Waals surface area contributed by atoms with Crippen LogP contribution in [0.2, 0.25) is 0 Å². The highest BCUT2D eigenvalue weighted by Crippen LogP contribution is 2.31. The smallest absolute Gasteiger partial charge is 0.233 e. The summed E-state index contributed by atoms with van der Waals surface area (Å²) in [7, 11) is 0. The lowest BCUT2D eigenvalue weighted by Gasteiger charge is -2.11. The molecular formula is C16H16N2OS. The molecule has 0 saturated carbocycles. The zero-order chi connectivity index (χ0) is 13.9. The van der Waals surface area contributed by atoms with Crippen LogP contribution in [0.4, 0.5) is 11.4 Å². The Morgan fingerprint density at radius 3 is 2.70 bits per heavy atom. The molecule has 0 aromatic heterocycles. The molecule has 20 heavy (non-hydrogen) atoms. The van der Waals surface area contributed by atoms with Gasteiger partial charge in [0.2, 0.25) is 5.91 Å². The number of thioether (sulfide) groups is 1. The van der Waals surface area contributed by atoms with E-state index in [4.69, 9.17) is 0 Å². The first-order valence-corrected chi connectivity index (χ1v) is 7.78. The number of carbonyl (C=O) groups excluding carboxylic acids is 1. The number of benzene rings is 2. The summed E-state index contributed by atoms with van der Waals surface area (Å²) in [6.07, 6.45) is 2.04. The van der Waals surface area contributed by atoms with E-state index in [1.165, 1.54) is 4.90 Å². The predicted molar refractivity (Wildman–Crippen MR) is 84.5 cm³/mol. The lowest BCUT2D eigenvalue weighted by Crippen LogP contribution is -2.22. The fourth-order valence-electron chi connectivity index (χ4n) is 2.42. The molecule has 0 fully saturated rings. The Kier molecular flexibility index (Phi) is 3.65. The number of nitrogens with one attached hydrogen (secondary N) is 2. The second-order valence-corrected chi connectivity index (χ2v) is 5.62. The van der Waals surface area contributed by atoms with Gasteiger partial charge in [-0.2, -0.15) is 0 Å². The van der Waals surface area contributed by atoms with E-state index in [1.807, 2.05) is 54.8 Å². The van der Waals surface area contributed by atoms with Gasteiger partial charge in [-0.3, -0.25) is 4.79 Å². The van der Waals surface area contributed by atoms with E-state index in [0.29, 0.717) is 6.54 Å². The van der Waals surface area contributed by atoms with Crippen molar-refractivity contribution in [3.8, 4) is 0 Å². The van der Waals surface area contributed by atoms with E-state index in [9.17, 15) is 4.79 Å². The molecule has 0 bridgehead atoms. The van der Waals surface area contributed by atoms with Gasteiger partial charge in [0.25, 0.3) is 0 Å². The van der Waals surface area contributed by atoms with Gasteiger partial charge in [0.1, 0.15) is 0 Å². The predicted octanol–water partition coefficient (Wildman–Crippen LogP) is 3.56. The molecule has 1 aliphatic rings. The lowest BCUT2D eigenvalue weighted by atomic mass is 10.0. The van der Waals surface area contributed by atoms with E-state index in [1.54, 1.807) is 11.8 Å². The molecule has 2 aromatic carbocycles. The number of rotatable bonds is 3. The Labute approximate surface area is 122 Å². The van der Waals surface area contributed by atoms with Gasteiger partial charge in [0.05, 0.1) is 5.92 Å². The average Bonchev–Trinajstić information content (AvgIpc) is 2.92. The second-order valence-electron chi connectivity index (χ2n) is 4.74. The number of para-hydroxylation sites is 1. The fraction of sp³-hybridized carbons (Fsp3) is 0.188. The van der Waals surface area contributed by atoms with E-state index < -0.39 is 0 Å². The zero-order valence-electron chi connectivity index (χ0n) is 11.2. The Hall–Kier alpha value is -1.94. The number of fused-ring (bicyclic) bond motifs is 1. The van der Waals surface area contributed by atoms with Crippen molar-refractivity contribution in [2.75, 3.05) is 23.4 Å². The monoisotopic (exact) mass is 284 g/mol. The highest BCUT2D eigenvalue weighted by molar-refractivity contribution is 7.98. The Morgan fingerprint density at radius 1 is 1.20 bits per heavy atom. The van der Waals surface area contributed by atoms with Crippen LogP contribution in [0.5, 0.6) is 0 Å². The third kappa shape index (κ3) is 2.51. The summed E-state index contributed by atoms with van der Waals surface area (Å²) in [6, 6.07) is 15.9. The normalized spacial score (nSPS) is 16.4. The maximum absolute atomic E-state index is 12.4. The van der Waals surface area contributed by atoms with Crippen LogP contribution in [0.15, 0.2) is 53.4 Å². The van der Waals surface area contributed by atoms with Crippen LogP contribution in [0.3, 0.4) is 0 Å². The van der Waals surface area contributed by atoms with Crippen molar-refractivity contribution < 1.29 is 4.79 Å². The van der Waals surface area contributed by atoms with Gasteiger partial charge >= 0.3 is 0 Å². The standard InChI is InChI=1S/C16H16N2OS/c1-20-12-8-6-11(7-9-12)18-16(19)14-10-17-15-5-3-2-4-13(14)15/h2-9,14,17H,10H2,1H3,(H,18,19). The Bertz CT molecular complexity index is 625. The van der Waals surface area contributed by atoms with Crippen molar-refractivity contribution in [1.29, 1.82) is 0 Å². The molecule has 1 atom stereocenters. The van der Waals surface area contributed by atoms with Gasteiger partial charge in [-0.15, -0.1) is 11.8 Å². The van der Waals surface area contributed by atoms with Gasteiger partial charge in [-0.25, -0.2) is 0 Å². The van der Waals surface area contributed by atoms with Crippen LogP contribution in [-0.2, 0) is 4.79 Å². The topological polar surface area (TPSA) is 41.1 Å². The molecule has 102 valence electrons. The average molecular weight is 284 g/mol. The van der Waals surface area contributed by atoms with Crippen molar-refractivity contribution >= 4 is 29.0 Å². The first-order chi connectivity index (χ1) is 9.78. The summed E-state index contributed by atoms with van der Waals surface area (Å²) in [6.45, 7) is 0.661. The van der Waals surface area contributed by atoms with Crippen LogP contribution >= 0.6 is 11.8 Å². The number of amides is 1. The second kappa shape index (κ2) is 5.59. The number of anilines is 2. The summed E-state index contributed by atoms with van der Waals surface area (Å²) in [4.78, 5) is 13.6. The Morgan fingerprint density at radius 2 is 1.95 bits per heavy atom. The number of hydrogen-bond acceptors (Lipinski definition) is 3. The summed E-state index contributed by atoms with van der Waals surface area (Å²) in [5.74, 6) is -0.0780. The van der Waals surface area contributed by atoms with Crippen molar-refractivity contribution in [2.45, 2.75) is 10.8 Å². The van der Waals surface area contributed by atoms with Crippen molar-refractivity contribution in [3.63, 3.8) is 0 Å². The molecule has 3 rings (SSSR count). The molecule has 0 aliphatic carbocycles. The van der Waals surface area contributed by atoms with Gasteiger partial charge in [-0.1, -0.05) is 18.2 Å². The van der Waals surface area contributed by atoms with Gasteiger partial charge in [0, 0.05) is 22.8 Å². The van der Waals surface area contributed by atoms with Gasteiger partial charge < -0.3 is 10.6 Å². The highest BCUT2D eigenvalue weighted by atomic mass is 32.2. The third-order valence-corrected chi connectivity index (χ3v) is 4.25. The molecule has 1 unspecified atom stereocenters. The fourth-order valence-corrected chi connectivity index (χ4v) is 2.83. The summed E-state index contributed by atoms with van der Waals surface area (Å²) >= 11 is 1.69. The van der Waals surface area contributed by atoms with E-state index >= 15 is 0 Å². The molecule has 0 saturated heterocycles.